The summed E-state index contributed by atoms with van der Waals surface area (Å²) in [6.45, 7) is 2.66. The van der Waals surface area contributed by atoms with Gasteiger partial charge in [0.05, 0.1) is 32.0 Å². The molecule has 0 radical (unpaired) electrons. The van der Waals surface area contributed by atoms with Crippen LogP contribution in [0.1, 0.15) is 57.4 Å². The number of benzene rings is 3. The molecule has 5 nitrogen and oxygen atoms in total. The molecule has 0 aromatic heterocycles. The van der Waals surface area contributed by atoms with Crippen molar-refractivity contribution in [3.05, 3.63) is 94.0 Å². The molecule has 3 aromatic carbocycles. The van der Waals surface area contributed by atoms with Crippen LogP contribution in [0.5, 0.6) is 11.5 Å². The smallest absolute Gasteiger partial charge is 0.335 e. The van der Waals surface area contributed by atoms with E-state index in [2.05, 4.69) is 29.2 Å². The van der Waals surface area contributed by atoms with Crippen LogP contribution in [-0.2, 0) is 12.8 Å². The number of nitrogens with zero attached hydrogens (tertiary/aromatic N) is 1. The van der Waals surface area contributed by atoms with Crippen molar-refractivity contribution < 1.29 is 23.8 Å². The molecular weight excluding hydrogens is 493 g/mol. The van der Waals surface area contributed by atoms with E-state index in [1.54, 1.807) is 20.3 Å². The number of methoxy groups -OCH3 is 2. The van der Waals surface area contributed by atoms with Gasteiger partial charge in [0.1, 0.15) is 11.5 Å². The summed E-state index contributed by atoms with van der Waals surface area (Å²) in [5.74, 6) is 1.21. The number of rotatable bonds is 10. The minimum absolute atomic E-state index is 0.248. The number of hydrogen-bond acceptors (Lipinski definition) is 4. The number of aryl methyl sites for hydroxylation is 1. The van der Waals surface area contributed by atoms with E-state index in [0.717, 1.165) is 90.2 Å². The highest BCUT2D eigenvalue weighted by Gasteiger charge is 2.27. The summed E-state index contributed by atoms with van der Waals surface area (Å²) in [6.07, 6.45) is 4.11. The number of alkyl halides is 1. The van der Waals surface area contributed by atoms with Crippen LogP contribution in [0, 0.1) is 5.92 Å². The first kappa shape index (κ1) is 26.9. The molecule has 1 N–H and O–H groups in total. The first-order valence-corrected chi connectivity index (χ1v) is 13.7. The Bertz CT molecular complexity index is 1340. The molecule has 204 valence electrons. The lowest BCUT2D eigenvalue weighted by molar-refractivity contribution is 0.0696. The van der Waals surface area contributed by atoms with E-state index < -0.39 is 5.97 Å². The number of carboxylic acid groups (broad SMARTS) is 1. The van der Waals surface area contributed by atoms with Gasteiger partial charge >= 0.3 is 5.97 Å². The van der Waals surface area contributed by atoms with E-state index in [0.29, 0.717) is 17.9 Å². The standard InChI is InChI=1S/C33H36FNO4/c1-38-29-8-4-9-30(39-2)32(29)28-7-3-6-25-19-26(33(36)37)14-15-27(25)31(28)24-12-10-22(11-13-24)18-23-20-35(21-23)17-5-16-34/h4,8-15,19,23H,3,5-7,16-18,20-21H2,1-2H3,(H,36,37). The topological polar surface area (TPSA) is 59.0 Å². The number of allylic oxidation sites excluding steroid dienone is 1. The Morgan fingerprint density at radius 2 is 1.72 bits per heavy atom. The molecule has 0 bridgehead atoms. The van der Waals surface area contributed by atoms with Gasteiger partial charge in [-0.05, 0) is 95.7 Å². The summed E-state index contributed by atoms with van der Waals surface area (Å²) in [5.41, 5.74) is 7.96. The first-order valence-electron chi connectivity index (χ1n) is 13.7. The minimum atomic E-state index is -0.914. The van der Waals surface area contributed by atoms with Crippen LogP contribution < -0.4 is 9.47 Å². The quantitative estimate of drug-likeness (QED) is 0.324. The molecule has 39 heavy (non-hydrogen) atoms. The fourth-order valence-electron chi connectivity index (χ4n) is 6.06. The van der Waals surface area contributed by atoms with Gasteiger partial charge in [-0.1, -0.05) is 36.4 Å². The summed E-state index contributed by atoms with van der Waals surface area (Å²) >= 11 is 0. The molecule has 3 aromatic rings. The number of carbonyl (C=O) groups is 1. The predicted molar refractivity (Wildman–Crippen MR) is 152 cm³/mol. The van der Waals surface area contributed by atoms with E-state index in [1.807, 2.05) is 30.3 Å². The lowest BCUT2D eigenvalue weighted by atomic mass is 9.85. The number of aromatic carboxylic acids is 1. The van der Waals surface area contributed by atoms with Gasteiger partial charge in [-0.15, -0.1) is 0 Å². The molecule has 1 fully saturated rings. The lowest BCUT2D eigenvalue weighted by Crippen LogP contribution is -2.47. The maximum atomic E-state index is 12.5. The van der Waals surface area contributed by atoms with E-state index >= 15 is 0 Å². The second-order valence-corrected chi connectivity index (χ2v) is 10.5. The van der Waals surface area contributed by atoms with Crippen LogP contribution in [0.3, 0.4) is 0 Å². The Morgan fingerprint density at radius 1 is 1.00 bits per heavy atom. The molecule has 0 unspecified atom stereocenters. The maximum absolute atomic E-state index is 12.5. The number of likely N-dealkylation sites (tertiary alicyclic amines) is 1. The average Bonchev–Trinajstić information content (AvgIpc) is 3.13. The Kier molecular flexibility index (Phi) is 8.32. The fourth-order valence-corrected chi connectivity index (χ4v) is 6.06. The molecule has 2 aliphatic rings. The van der Waals surface area contributed by atoms with E-state index in [9.17, 15) is 14.3 Å². The van der Waals surface area contributed by atoms with Gasteiger partial charge in [-0.25, -0.2) is 4.79 Å². The number of fused-ring (bicyclic) bond motifs is 1. The lowest BCUT2D eigenvalue weighted by Gasteiger charge is -2.39. The van der Waals surface area contributed by atoms with Crippen LogP contribution in [0.4, 0.5) is 4.39 Å². The summed E-state index contributed by atoms with van der Waals surface area (Å²) in [5, 5.41) is 9.63. The van der Waals surface area contributed by atoms with Gasteiger partial charge in [0.2, 0.25) is 0 Å². The van der Waals surface area contributed by atoms with Crippen molar-refractivity contribution in [2.24, 2.45) is 5.92 Å². The highest BCUT2D eigenvalue weighted by molar-refractivity contribution is 6.02. The number of ether oxygens (including phenoxy) is 2. The van der Waals surface area contributed by atoms with Gasteiger partial charge in [-0.3, -0.25) is 4.39 Å². The Labute approximate surface area is 229 Å². The molecule has 0 spiro atoms. The normalized spacial score (nSPS) is 15.9. The van der Waals surface area contributed by atoms with Crippen LogP contribution >= 0.6 is 0 Å². The summed E-state index contributed by atoms with van der Waals surface area (Å²) in [7, 11) is 3.35. The molecular formula is C33H36FNO4. The van der Waals surface area contributed by atoms with Crippen molar-refractivity contribution in [2.75, 3.05) is 40.5 Å². The highest BCUT2D eigenvalue weighted by Crippen LogP contribution is 2.46. The zero-order chi connectivity index (χ0) is 27.4. The van der Waals surface area contributed by atoms with Gasteiger partial charge in [0.15, 0.2) is 0 Å². The molecule has 6 heteroatoms. The Balaban J connectivity index is 1.56. The SMILES string of the molecule is COc1cccc(OC)c1C1=C(c2ccc(CC3CN(CCCF)C3)cc2)c2ccc(C(=O)O)cc2CCC1. The van der Waals surface area contributed by atoms with Gasteiger partial charge in [-0.2, -0.15) is 0 Å². The van der Waals surface area contributed by atoms with Gasteiger partial charge < -0.3 is 19.5 Å². The first-order chi connectivity index (χ1) is 19.0. The van der Waals surface area contributed by atoms with Crippen molar-refractivity contribution in [1.82, 2.24) is 4.90 Å². The van der Waals surface area contributed by atoms with Crippen LogP contribution in [0.15, 0.2) is 60.7 Å². The van der Waals surface area contributed by atoms with Crippen LogP contribution in [-0.4, -0.2) is 56.5 Å². The molecule has 0 saturated carbocycles. The second-order valence-electron chi connectivity index (χ2n) is 10.5. The zero-order valence-corrected chi connectivity index (χ0v) is 22.7. The third-order valence-electron chi connectivity index (χ3n) is 7.93. The summed E-state index contributed by atoms with van der Waals surface area (Å²) in [4.78, 5) is 14.1. The Hall–Kier alpha value is -3.64. The monoisotopic (exact) mass is 529 g/mol. The number of halogens is 1. The van der Waals surface area contributed by atoms with Gasteiger partial charge in [0, 0.05) is 19.6 Å². The minimum Gasteiger partial charge on any atom is -0.496 e. The molecule has 1 heterocycles. The second kappa shape index (κ2) is 12.0. The third-order valence-corrected chi connectivity index (χ3v) is 7.93. The van der Waals surface area contributed by atoms with Crippen molar-refractivity contribution in [3.63, 3.8) is 0 Å². The average molecular weight is 530 g/mol. The van der Waals surface area contributed by atoms with Crippen molar-refractivity contribution in [2.45, 2.75) is 32.1 Å². The van der Waals surface area contributed by atoms with E-state index in [-0.39, 0.29) is 6.67 Å². The van der Waals surface area contributed by atoms with Crippen molar-refractivity contribution >= 4 is 17.1 Å². The van der Waals surface area contributed by atoms with Crippen molar-refractivity contribution in [1.29, 1.82) is 0 Å². The maximum Gasteiger partial charge on any atom is 0.335 e. The highest BCUT2D eigenvalue weighted by atomic mass is 19.1. The summed E-state index contributed by atoms with van der Waals surface area (Å²) < 4.78 is 24.1. The number of carboxylic acids is 1. The third kappa shape index (κ3) is 5.71. The Morgan fingerprint density at radius 3 is 2.36 bits per heavy atom. The fraction of sp³-hybridized carbons (Fsp3) is 0.364. The molecule has 0 amide bonds. The summed E-state index contributed by atoms with van der Waals surface area (Å²) in [6, 6.07) is 20.1. The van der Waals surface area contributed by atoms with Crippen LogP contribution in [0.2, 0.25) is 0 Å². The molecule has 1 saturated heterocycles. The largest absolute Gasteiger partial charge is 0.496 e. The molecule has 1 aliphatic heterocycles. The molecule has 0 atom stereocenters. The number of hydrogen-bond donors (Lipinski definition) is 1. The van der Waals surface area contributed by atoms with Crippen LogP contribution in [0.25, 0.3) is 11.1 Å². The van der Waals surface area contributed by atoms with E-state index in [1.165, 1.54) is 5.56 Å². The van der Waals surface area contributed by atoms with Gasteiger partial charge in [0.25, 0.3) is 0 Å². The van der Waals surface area contributed by atoms with Crippen molar-refractivity contribution in [3.8, 4) is 11.5 Å². The predicted octanol–water partition coefficient (Wildman–Crippen LogP) is 6.53. The molecule has 5 rings (SSSR count). The molecule has 1 aliphatic carbocycles. The zero-order valence-electron chi connectivity index (χ0n) is 22.7. The van der Waals surface area contributed by atoms with E-state index in [4.69, 9.17) is 9.47 Å².